The molecule has 2 aromatic heterocycles. The van der Waals surface area contributed by atoms with E-state index in [1.807, 2.05) is 17.2 Å². The van der Waals surface area contributed by atoms with Crippen molar-refractivity contribution in [3.63, 3.8) is 0 Å². The number of imidazole rings is 1. The van der Waals surface area contributed by atoms with Crippen LogP contribution in [0, 0.1) is 5.82 Å². The molecule has 0 bridgehead atoms. The van der Waals surface area contributed by atoms with Crippen LogP contribution in [-0.4, -0.2) is 38.8 Å². The SMILES string of the molecule is O=C(CCc1cnc[nH]1)N1CCC(c2c[nH]c3cc(F)ccc23)CC1. The predicted molar refractivity (Wildman–Crippen MR) is 93.7 cm³/mol. The van der Waals surface area contributed by atoms with Crippen LogP contribution in [0.25, 0.3) is 10.9 Å². The molecule has 0 spiro atoms. The van der Waals surface area contributed by atoms with E-state index in [-0.39, 0.29) is 11.7 Å². The maximum atomic E-state index is 13.3. The number of nitrogens with one attached hydrogen (secondary N) is 2. The molecule has 5 nitrogen and oxygen atoms in total. The molecule has 0 saturated carbocycles. The first-order valence-corrected chi connectivity index (χ1v) is 8.72. The van der Waals surface area contributed by atoms with Crippen molar-refractivity contribution < 1.29 is 9.18 Å². The number of carbonyl (C=O) groups is 1. The number of aromatic nitrogens is 3. The molecule has 6 heteroatoms. The summed E-state index contributed by atoms with van der Waals surface area (Å²) in [6.07, 6.45) is 8.49. The number of carbonyl (C=O) groups excluding carboxylic acids is 1. The number of halogens is 1. The quantitative estimate of drug-likeness (QED) is 0.765. The zero-order chi connectivity index (χ0) is 17.2. The summed E-state index contributed by atoms with van der Waals surface area (Å²) >= 11 is 0. The highest BCUT2D eigenvalue weighted by Gasteiger charge is 2.25. The summed E-state index contributed by atoms with van der Waals surface area (Å²) in [5.41, 5.74) is 3.07. The molecule has 1 aliphatic heterocycles. The van der Waals surface area contributed by atoms with E-state index in [9.17, 15) is 9.18 Å². The highest BCUT2D eigenvalue weighted by Crippen LogP contribution is 2.33. The Labute approximate surface area is 145 Å². The van der Waals surface area contributed by atoms with Crippen LogP contribution in [0.1, 0.15) is 36.4 Å². The summed E-state index contributed by atoms with van der Waals surface area (Å²) < 4.78 is 13.3. The fourth-order valence-electron chi connectivity index (χ4n) is 3.72. The number of amides is 1. The molecule has 3 aromatic rings. The summed E-state index contributed by atoms with van der Waals surface area (Å²) in [5, 5.41) is 1.09. The fraction of sp³-hybridized carbons (Fsp3) is 0.368. The second-order valence-corrected chi connectivity index (χ2v) is 6.67. The normalized spacial score (nSPS) is 15.8. The van der Waals surface area contributed by atoms with E-state index in [1.165, 1.54) is 17.7 Å². The number of rotatable bonds is 4. The average molecular weight is 340 g/mol. The number of nitrogens with zero attached hydrogens (tertiary/aromatic N) is 2. The van der Waals surface area contributed by atoms with Crippen LogP contribution in [-0.2, 0) is 11.2 Å². The molecular formula is C19H21FN4O. The van der Waals surface area contributed by atoms with Crippen LogP contribution in [0.5, 0.6) is 0 Å². The standard InChI is InChI=1S/C19H21FN4O/c20-14-1-3-16-17(11-22-18(16)9-14)13-5-7-24(8-6-13)19(25)4-2-15-10-21-12-23-15/h1,3,9-13,22H,2,4-8H2,(H,21,23). The van der Waals surface area contributed by atoms with E-state index in [2.05, 4.69) is 15.0 Å². The monoisotopic (exact) mass is 340 g/mol. The van der Waals surface area contributed by atoms with Gasteiger partial charge in [-0.2, -0.15) is 0 Å². The summed E-state index contributed by atoms with van der Waals surface area (Å²) in [7, 11) is 0. The van der Waals surface area contributed by atoms with Crippen LogP contribution in [0.4, 0.5) is 4.39 Å². The molecule has 0 atom stereocenters. The van der Waals surface area contributed by atoms with Gasteiger partial charge in [0.2, 0.25) is 5.91 Å². The number of fused-ring (bicyclic) bond motifs is 1. The van der Waals surface area contributed by atoms with Crippen LogP contribution in [0.15, 0.2) is 36.9 Å². The van der Waals surface area contributed by atoms with E-state index in [0.29, 0.717) is 18.8 Å². The van der Waals surface area contributed by atoms with Gasteiger partial charge < -0.3 is 14.9 Å². The van der Waals surface area contributed by atoms with Crippen molar-refractivity contribution >= 4 is 16.8 Å². The highest BCUT2D eigenvalue weighted by atomic mass is 19.1. The number of aryl methyl sites for hydroxylation is 1. The summed E-state index contributed by atoms with van der Waals surface area (Å²) in [4.78, 5) is 24.5. The molecule has 0 unspecified atom stereocenters. The third-order valence-electron chi connectivity index (χ3n) is 5.13. The summed E-state index contributed by atoms with van der Waals surface area (Å²) in [6.45, 7) is 1.56. The molecule has 1 aliphatic rings. The minimum absolute atomic E-state index is 0.203. The maximum Gasteiger partial charge on any atom is 0.222 e. The number of benzene rings is 1. The van der Waals surface area contributed by atoms with Crippen molar-refractivity contribution in [2.45, 2.75) is 31.6 Å². The van der Waals surface area contributed by atoms with Gasteiger partial charge in [0.25, 0.3) is 0 Å². The van der Waals surface area contributed by atoms with Crippen LogP contribution >= 0.6 is 0 Å². The Bertz CT molecular complexity index is 863. The van der Waals surface area contributed by atoms with Gasteiger partial charge in [0.15, 0.2) is 0 Å². The van der Waals surface area contributed by atoms with Crippen molar-refractivity contribution in [2.24, 2.45) is 0 Å². The smallest absolute Gasteiger partial charge is 0.222 e. The molecule has 2 N–H and O–H groups in total. The van der Waals surface area contributed by atoms with Gasteiger partial charge >= 0.3 is 0 Å². The number of likely N-dealkylation sites (tertiary alicyclic amines) is 1. The Morgan fingerprint density at radius 2 is 2.12 bits per heavy atom. The Kier molecular flexibility index (Phi) is 4.26. The number of hydrogen-bond acceptors (Lipinski definition) is 2. The fourth-order valence-corrected chi connectivity index (χ4v) is 3.72. The van der Waals surface area contributed by atoms with Crippen molar-refractivity contribution in [1.82, 2.24) is 19.9 Å². The Morgan fingerprint density at radius 1 is 1.28 bits per heavy atom. The topological polar surface area (TPSA) is 64.8 Å². The third kappa shape index (κ3) is 3.29. The van der Waals surface area contributed by atoms with Gasteiger partial charge in [0, 0.05) is 48.5 Å². The molecule has 0 aliphatic carbocycles. The first-order valence-electron chi connectivity index (χ1n) is 8.72. The average Bonchev–Trinajstić information content (AvgIpc) is 3.29. The lowest BCUT2D eigenvalue weighted by atomic mass is 9.89. The zero-order valence-corrected chi connectivity index (χ0v) is 14.0. The van der Waals surface area contributed by atoms with Gasteiger partial charge in [-0.05, 0) is 48.9 Å². The lowest BCUT2D eigenvalue weighted by Gasteiger charge is -2.32. The minimum Gasteiger partial charge on any atom is -0.361 e. The van der Waals surface area contributed by atoms with E-state index in [1.54, 1.807) is 12.5 Å². The van der Waals surface area contributed by atoms with Gasteiger partial charge in [0.05, 0.1) is 6.33 Å². The first kappa shape index (κ1) is 15.9. The van der Waals surface area contributed by atoms with Crippen molar-refractivity contribution in [3.8, 4) is 0 Å². The minimum atomic E-state index is -0.224. The van der Waals surface area contributed by atoms with Crippen LogP contribution < -0.4 is 0 Å². The predicted octanol–water partition coefficient (Wildman–Crippen LogP) is 3.37. The maximum absolute atomic E-state index is 13.3. The molecule has 1 saturated heterocycles. The second kappa shape index (κ2) is 6.70. The van der Waals surface area contributed by atoms with E-state index < -0.39 is 0 Å². The first-order chi connectivity index (χ1) is 12.2. The lowest BCUT2D eigenvalue weighted by Crippen LogP contribution is -2.38. The Hall–Kier alpha value is -2.63. The summed E-state index contributed by atoms with van der Waals surface area (Å²) in [5.74, 6) is 0.392. The lowest BCUT2D eigenvalue weighted by molar-refractivity contribution is -0.132. The van der Waals surface area contributed by atoms with Gasteiger partial charge in [-0.3, -0.25) is 4.79 Å². The number of piperidine rings is 1. The number of H-pyrrole nitrogens is 2. The molecule has 3 heterocycles. The molecule has 0 radical (unpaired) electrons. The molecule has 1 aromatic carbocycles. The van der Waals surface area contributed by atoms with E-state index in [0.717, 1.165) is 42.5 Å². The van der Waals surface area contributed by atoms with Gasteiger partial charge in [-0.25, -0.2) is 9.37 Å². The number of aromatic amines is 2. The van der Waals surface area contributed by atoms with Gasteiger partial charge in [0.1, 0.15) is 5.82 Å². The van der Waals surface area contributed by atoms with Gasteiger partial charge in [-0.1, -0.05) is 0 Å². The van der Waals surface area contributed by atoms with Crippen molar-refractivity contribution in [2.75, 3.05) is 13.1 Å². The molecule has 1 fully saturated rings. The van der Waals surface area contributed by atoms with E-state index >= 15 is 0 Å². The third-order valence-corrected chi connectivity index (χ3v) is 5.13. The molecular weight excluding hydrogens is 319 g/mol. The van der Waals surface area contributed by atoms with E-state index in [4.69, 9.17) is 0 Å². The number of hydrogen-bond donors (Lipinski definition) is 2. The largest absolute Gasteiger partial charge is 0.361 e. The molecule has 25 heavy (non-hydrogen) atoms. The van der Waals surface area contributed by atoms with Crippen LogP contribution in [0.3, 0.4) is 0 Å². The van der Waals surface area contributed by atoms with Crippen molar-refractivity contribution in [3.05, 3.63) is 54.0 Å². The second-order valence-electron chi connectivity index (χ2n) is 6.67. The highest BCUT2D eigenvalue weighted by molar-refractivity contribution is 5.84. The summed E-state index contributed by atoms with van der Waals surface area (Å²) in [6, 6.07) is 4.89. The molecule has 4 rings (SSSR count). The van der Waals surface area contributed by atoms with Crippen LogP contribution in [0.2, 0.25) is 0 Å². The zero-order valence-electron chi connectivity index (χ0n) is 14.0. The Morgan fingerprint density at radius 3 is 2.88 bits per heavy atom. The van der Waals surface area contributed by atoms with Crippen molar-refractivity contribution in [1.29, 1.82) is 0 Å². The van der Waals surface area contributed by atoms with Gasteiger partial charge in [-0.15, -0.1) is 0 Å². The molecule has 130 valence electrons. The Balaban J connectivity index is 1.36. The molecule has 1 amide bonds.